The standard InChI is InChI=1S/C17H22BFN2O3/c1-8-9(2)21-14-10(15(20)22)7-11(19)13(12(8)14)18-23-16(3,4)17(5,6)24-18/h7,21H,1-6H3,(H2,20,22). The van der Waals surface area contributed by atoms with E-state index in [1.165, 1.54) is 0 Å². The predicted octanol–water partition coefficient (Wildman–Crippen LogP) is 2.32. The average molecular weight is 332 g/mol. The van der Waals surface area contributed by atoms with Gasteiger partial charge in [-0.25, -0.2) is 4.39 Å². The molecule has 3 N–H and O–H groups in total. The highest BCUT2D eigenvalue weighted by atomic mass is 19.1. The molecule has 1 saturated heterocycles. The quantitative estimate of drug-likeness (QED) is 0.829. The van der Waals surface area contributed by atoms with Crippen molar-refractivity contribution >= 4 is 29.4 Å². The first-order valence-electron chi connectivity index (χ1n) is 7.93. The molecule has 1 aromatic carbocycles. The summed E-state index contributed by atoms with van der Waals surface area (Å²) in [6.45, 7) is 11.4. The largest absolute Gasteiger partial charge is 0.498 e. The van der Waals surface area contributed by atoms with Gasteiger partial charge in [0.2, 0.25) is 0 Å². The maximum Gasteiger partial charge on any atom is 0.498 e. The van der Waals surface area contributed by atoms with Crippen LogP contribution in [-0.4, -0.2) is 29.2 Å². The van der Waals surface area contributed by atoms with Crippen molar-refractivity contribution in [1.82, 2.24) is 4.98 Å². The molecule has 0 atom stereocenters. The Hall–Kier alpha value is -1.86. The molecule has 0 spiro atoms. The van der Waals surface area contributed by atoms with E-state index in [2.05, 4.69) is 4.98 Å². The molecule has 5 nitrogen and oxygen atoms in total. The third-order valence-electron chi connectivity index (χ3n) is 5.32. The first-order chi connectivity index (χ1) is 11.0. The number of nitrogens with one attached hydrogen (secondary N) is 1. The molecule has 0 aliphatic carbocycles. The van der Waals surface area contributed by atoms with E-state index in [0.717, 1.165) is 17.3 Å². The van der Waals surface area contributed by atoms with E-state index >= 15 is 0 Å². The SMILES string of the molecule is Cc1[nH]c2c(C(N)=O)cc(F)c(B3OC(C)(C)C(C)(C)O3)c2c1C. The van der Waals surface area contributed by atoms with Crippen molar-refractivity contribution in [2.24, 2.45) is 5.73 Å². The van der Waals surface area contributed by atoms with Crippen molar-refractivity contribution in [2.45, 2.75) is 52.7 Å². The van der Waals surface area contributed by atoms with Gasteiger partial charge >= 0.3 is 7.12 Å². The molecule has 2 heterocycles. The van der Waals surface area contributed by atoms with E-state index in [4.69, 9.17) is 15.0 Å². The fraction of sp³-hybridized carbons (Fsp3) is 0.471. The number of carbonyl (C=O) groups is 1. The van der Waals surface area contributed by atoms with Gasteiger partial charge in [0.25, 0.3) is 5.91 Å². The Balaban J connectivity index is 2.29. The van der Waals surface area contributed by atoms with E-state index in [1.54, 1.807) is 0 Å². The van der Waals surface area contributed by atoms with Gasteiger partial charge < -0.3 is 20.0 Å². The zero-order chi connectivity index (χ0) is 18.0. The van der Waals surface area contributed by atoms with Crippen molar-refractivity contribution in [3.05, 3.63) is 28.7 Å². The van der Waals surface area contributed by atoms with Crippen molar-refractivity contribution in [2.75, 3.05) is 0 Å². The van der Waals surface area contributed by atoms with Gasteiger partial charge in [0.15, 0.2) is 0 Å². The zero-order valence-electron chi connectivity index (χ0n) is 14.8. The molecule has 0 unspecified atom stereocenters. The number of nitrogens with two attached hydrogens (primary N) is 1. The highest BCUT2D eigenvalue weighted by Crippen LogP contribution is 2.38. The van der Waals surface area contributed by atoms with E-state index in [-0.39, 0.29) is 5.56 Å². The Morgan fingerprint density at radius 3 is 2.25 bits per heavy atom. The molecule has 0 saturated carbocycles. The topological polar surface area (TPSA) is 77.3 Å². The Morgan fingerprint density at radius 2 is 1.75 bits per heavy atom. The number of hydrogen-bond donors (Lipinski definition) is 2. The summed E-state index contributed by atoms with van der Waals surface area (Å²) in [5.74, 6) is -1.24. The Bertz CT molecular complexity index is 841. The molecule has 1 aromatic heterocycles. The summed E-state index contributed by atoms with van der Waals surface area (Å²) in [7, 11) is -0.853. The molecule has 3 rings (SSSR count). The van der Waals surface area contributed by atoms with Gasteiger partial charge in [-0.2, -0.15) is 0 Å². The van der Waals surface area contributed by atoms with Crippen LogP contribution in [0.25, 0.3) is 10.9 Å². The first kappa shape index (κ1) is 17.0. The summed E-state index contributed by atoms with van der Waals surface area (Å²) in [6, 6.07) is 1.15. The molecule has 0 radical (unpaired) electrons. The number of primary amides is 1. The molecule has 1 aliphatic rings. The molecule has 1 fully saturated rings. The van der Waals surface area contributed by atoms with Gasteiger partial charge in [0.1, 0.15) is 5.82 Å². The van der Waals surface area contributed by atoms with Gasteiger partial charge in [-0.05, 0) is 53.2 Å². The lowest BCUT2D eigenvalue weighted by Crippen LogP contribution is -2.41. The summed E-state index contributed by atoms with van der Waals surface area (Å²) in [5, 5.41) is 0.597. The van der Waals surface area contributed by atoms with Crippen LogP contribution < -0.4 is 11.2 Å². The predicted molar refractivity (Wildman–Crippen MR) is 92.0 cm³/mol. The van der Waals surface area contributed by atoms with Gasteiger partial charge in [-0.15, -0.1) is 0 Å². The minimum Gasteiger partial charge on any atom is -0.399 e. The minimum absolute atomic E-state index is 0.124. The number of carbonyl (C=O) groups excluding carboxylic acids is 1. The number of H-pyrrole nitrogens is 1. The van der Waals surface area contributed by atoms with Crippen LogP contribution in [0.1, 0.15) is 49.3 Å². The molecule has 24 heavy (non-hydrogen) atoms. The monoisotopic (exact) mass is 332 g/mol. The maximum atomic E-state index is 14.9. The van der Waals surface area contributed by atoms with Crippen LogP contribution in [0.3, 0.4) is 0 Å². The number of aromatic amines is 1. The van der Waals surface area contributed by atoms with Crippen molar-refractivity contribution < 1.29 is 18.5 Å². The summed E-state index contributed by atoms with van der Waals surface area (Å²) < 4.78 is 26.9. The first-order valence-corrected chi connectivity index (χ1v) is 7.93. The number of aromatic nitrogens is 1. The molecular weight excluding hydrogens is 310 g/mol. The number of halogens is 1. The Morgan fingerprint density at radius 1 is 1.21 bits per heavy atom. The Labute approximate surface area is 140 Å². The lowest BCUT2D eigenvalue weighted by molar-refractivity contribution is 0.00578. The summed E-state index contributed by atoms with van der Waals surface area (Å²) in [6.07, 6.45) is 0. The summed E-state index contributed by atoms with van der Waals surface area (Å²) >= 11 is 0. The van der Waals surface area contributed by atoms with Gasteiger partial charge in [0, 0.05) is 16.5 Å². The fourth-order valence-electron chi connectivity index (χ4n) is 3.04. The van der Waals surface area contributed by atoms with Gasteiger partial charge in [0.05, 0.1) is 22.3 Å². The summed E-state index contributed by atoms with van der Waals surface area (Å²) in [4.78, 5) is 14.8. The normalized spacial score (nSPS) is 19.2. The Kier molecular flexibility index (Phi) is 3.59. The van der Waals surface area contributed by atoms with Crippen molar-refractivity contribution in [3.8, 4) is 0 Å². The van der Waals surface area contributed by atoms with E-state index in [1.807, 2.05) is 41.5 Å². The van der Waals surface area contributed by atoms with Crippen LogP contribution >= 0.6 is 0 Å². The smallest absolute Gasteiger partial charge is 0.399 e. The molecular formula is C17H22BFN2O3. The van der Waals surface area contributed by atoms with E-state index in [0.29, 0.717) is 16.4 Å². The molecule has 128 valence electrons. The zero-order valence-corrected chi connectivity index (χ0v) is 14.8. The van der Waals surface area contributed by atoms with Crippen molar-refractivity contribution in [3.63, 3.8) is 0 Å². The number of benzene rings is 1. The number of amides is 1. The average Bonchev–Trinajstić information content (AvgIpc) is 2.84. The van der Waals surface area contributed by atoms with Crippen LogP contribution in [0.2, 0.25) is 0 Å². The van der Waals surface area contributed by atoms with E-state index in [9.17, 15) is 9.18 Å². The third-order valence-corrected chi connectivity index (χ3v) is 5.32. The van der Waals surface area contributed by atoms with Crippen LogP contribution in [-0.2, 0) is 9.31 Å². The molecule has 1 aliphatic heterocycles. The number of hydrogen-bond acceptors (Lipinski definition) is 3. The lowest BCUT2D eigenvalue weighted by Gasteiger charge is -2.32. The lowest BCUT2D eigenvalue weighted by atomic mass is 9.75. The highest BCUT2D eigenvalue weighted by molar-refractivity contribution is 6.65. The number of rotatable bonds is 2. The molecule has 7 heteroatoms. The third kappa shape index (κ3) is 2.26. The fourth-order valence-corrected chi connectivity index (χ4v) is 3.04. The van der Waals surface area contributed by atoms with Crippen LogP contribution in [0.15, 0.2) is 6.07 Å². The second-order valence-corrected chi connectivity index (χ2v) is 7.40. The second-order valence-electron chi connectivity index (χ2n) is 7.40. The number of aryl methyl sites for hydroxylation is 2. The molecule has 0 bridgehead atoms. The van der Waals surface area contributed by atoms with Gasteiger partial charge in [-0.1, -0.05) is 0 Å². The van der Waals surface area contributed by atoms with Gasteiger partial charge in [-0.3, -0.25) is 4.79 Å². The van der Waals surface area contributed by atoms with Crippen LogP contribution in [0, 0.1) is 19.7 Å². The number of fused-ring (bicyclic) bond motifs is 1. The molecule has 1 amide bonds. The second kappa shape index (κ2) is 5.07. The summed E-state index contributed by atoms with van der Waals surface area (Å²) in [5.41, 5.74) is 6.87. The van der Waals surface area contributed by atoms with Crippen LogP contribution in [0.4, 0.5) is 4.39 Å². The highest BCUT2D eigenvalue weighted by Gasteiger charge is 2.53. The van der Waals surface area contributed by atoms with E-state index < -0.39 is 30.0 Å². The molecule has 2 aromatic rings. The van der Waals surface area contributed by atoms with Crippen molar-refractivity contribution in [1.29, 1.82) is 0 Å². The maximum absolute atomic E-state index is 14.9. The minimum atomic E-state index is -0.853. The van der Waals surface area contributed by atoms with Crippen LogP contribution in [0.5, 0.6) is 0 Å².